The van der Waals surface area contributed by atoms with E-state index in [0.717, 1.165) is 0 Å². The van der Waals surface area contributed by atoms with Crippen LogP contribution < -0.4 is 5.32 Å². The molecule has 33 heavy (non-hydrogen) atoms. The Morgan fingerprint density at radius 1 is 1.27 bits per heavy atom. The Bertz CT molecular complexity index is 918. The predicted molar refractivity (Wildman–Crippen MR) is 117 cm³/mol. The van der Waals surface area contributed by atoms with Crippen LogP contribution in [0, 0.1) is 28.6 Å². The van der Waals surface area contributed by atoms with Gasteiger partial charge in [0.25, 0.3) is 0 Å². The number of carbonyl (C=O) groups is 3. The number of hydrogen-bond donors (Lipinski definition) is 2. The fourth-order valence-electron chi connectivity index (χ4n) is 7.12. The third kappa shape index (κ3) is 3.52. The minimum Gasteiger partial charge on any atom is -0.458 e. The molecule has 182 valence electrons. The molecule has 0 bridgehead atoms. The maximum Gasteiger partial charge on any atom is 0.303 e. The molecule has 1 heterocycles. The molecule has 4 aliphatic rings. The summed E-state index contributed by atoms with van der Waals surface area (Å²) in [4.78, 5) is 36.6. The average Bonchev–Trinajstić information content (AvgIpc) is 3.20. The quantitative estimate of drug-likeness (QED) is 0.623. The van der Waals surface area contributed by atoms with Gasteiger partial charge in [0.15, 0.2) is 23.8 Å². The number of hydrogen-bond acceptors (Lipinski definition) is 6. The molecule has 8 unspecified atom stereocenters. The number of nitrogens with one attached hydrogen (secondary N) is 1. The highest BCUT2D eigenvalue weighted by molar-refractivity contribution is 6.01. The van der Waals surface area contributed by atoms with Crippen molar-refractivity contribution in [3.63, 3.8) is 0 Å². The van der Waals surface area contributed by atoms with Crippen molar-refractivity contribution in [3.05, 3.63) is 23.8 Å². The molecular formula is C25H33F2NO5. The van der Waals surface area contributed by atoms with E-state index in [9.17, 15) is 19.5 Å². The number of aliphatic hydroxyl groups excluding tert-OH is 1. The Hall–Kier alpha value is -1.93. The van der Waals surface area contributed by atoms with E-state index in [2.05, 4.69) is 5.32 Å². The minimum atomic E-state index is -2.18. The Morgan fingerprint density at radius 3 is 2.67 bits per heavy atom. The zero-order valence-electron chi connectivity index (χ0n) is 19.4. The van der Waals surface area contributed by atoms with Crippen LogP contribution in [0.5, 0.6) is 0 Å². The van der Waals surface area contributed by atoms with Gasteiger partial charge >= 0.3 is 5.97 Å². The highest BCUT2D eigenvalue weighted by Crippen LogP contribution is 2.61. The molecule has 0 spiro atoms. The van der Waals surface area contributed by atoms with Crippen molar-refractivity contribution in [2.24, 2.45) is 28.6 Å². The van der Waals surface area contributed by atoms with E-state index < -0.39 is 46.6 Å². The number of ketones is 2. The summed E-state index contributed by atoms with van der Waals surface area (Å²) in [6, 6.07) is 0. The zero-order chi connectivity index (χ0) is 24.2. The molecule has 2 saturated carbocycles. The van der Waals surface area contributed by atoms with Crippen LogP contribution >= 0.6 is 0 Å². The van der Waals surface area contributed by atoms with Crippen LogP contribution in [0.2, 0.25) is 0 Å². The van der Waals surface area contributed by atoms with E-state index in [1.54, 1.807) is 6.92 Å². The van der Waals surface area contributed by atoms with Gasteiger partial charge < -0.3 is 15.2 Å². The fourth-order valence-corrected chi connectivity index (χ4v) is 7.12. The molecule has 0 aromatic carbocycles. The molecule has 6 nitrogen and oxygen atoms in total. The zero-order valence-corrected chi connectivity index (χ0v) is 19.4. The maximum atomic E-state index is 17.2. The van der Waals surface area contributed by atoms with Gasteiger partial charge in [0, 0.05) is 18.9 Å². The number of rotatable bonds is 3. The number of carbonyl (C=O) groups excluding carboxylic acids is 3. The van der Waals surface area contributed by atoms with Gasteiger partial charge in [0.05, 0.1) is 11.5 Å². The summed E-state index contributed by atoms with van der Waals surface area (Å²) in [7, 11) is 0. The molecule has 2 N–H and O–H groups in total. The Balaban J connectivity index is 1.74. The van der Waals surface area contributed by atoms with E-state index in [1.807, 2.05) is 6.92 Å². The van der Waals surface area contributed by atoms with Crippen LogP contribution in [0.4, 0.5) is 8.78 Å². The van der Waals surface area contributed by atoms with Gasteiger partial charge in [0.1, 0.15) is 6.17 Å². The standard InChI is InChI=1S/C25H33F2NO5/c1-14-8-21(31)25(27)16(9-20(26)19-10-18(30)6-7-23(19,25)3)4-5-17-11-28-13-24(14,17)22(32)12-33-15(2)29/h6-7,10,14,16-17,20-21,28,31H,4-5,8-9,11-13H2,1-3H3. The molecule has 0 radical (unpaired) electrons. The number of ether oxygens (including phenoxy) is 1. The minimum absolute atomic E-state index is 0.00139. The Labute approximate surface area is 192 Å². The van der Waals surface area contributed by atoms with Gasteiger partial charge in [-0.15, -0.1) is 0 Å². The lowest BCUT2D eigenvalue weighted by atomic mass is 9.53. The Morgan fingerprint density at radius 2 is 1.97 bits per heavy atom. The second-order valence-corrected chi connectivity index (χ2v) is 10.5. The number of allylic oxidation sites excluding steroid dienone is 4. The molecule has 0 aromatic heterocycles. The number of aliphatic hydroxyl groups is 1. The van der Waals surface area contributed by atoms with E-state index in [4.69, 9.17) is 4.74 Å². The topological polar surface area (TPSA) is 92.7 Å². The number of esters is 1. The first kappa shape index (κ1) is 24.2. The molecule has 1 saturated heterocycles. The highest BCUT2D eigenvalue weighted by Gasteiger charge is 2.65. The number of alkyl halides is 2. The third-order valence-electron chi connectivity index (χ3n) is 8.96. The molecule has 0 aromatic rings. The summed E-state index contributed by atoms with van der Waals surface area (Å²) in [5, 5.41) is 14.7. The number of fused-ring (bicyclic) bond motifs is 4. The smallest absolute Gasteiger partial charge is 0.303 e. The van der Waals surface area contributed by atoms with Crippen molar-refractivity contribution >= 4 is 17.5 Å². The number of Topliss-reactive ketones (excluding diaryl/α,β-unsaturated/α-hetero) is 1. The van der Waals surface area contributed by atoms with Crippen LogP contribution in [0.25, 0.3) is 0 Å². The lowest BCUT2D eigenvalue weighted by Gasteiger charge is -2.55. The van der Waals surface area contributed by atoms with Crippen molar-refractivity contribution in [2.45, 2.75) is 64.4 Å². The molecule has 3 fully saturated rings. The van der Waals surface area contributed by atoms with Gasteiger partial charge in [-0.2, -0.15) is 0 Å². The molecular weight excluding hydrogens is 432 g/mol. The normalized spacial score (nSPS) is 45.0. The molecule has 8 heteroatoms. The molecule has 0 amide bonds. The first-order valence-corrected chi connectivity index (χ1v) is 11.8. The van der Waals surface area contributed by atoms with Gasteiger partial charge in [0.2, 0.25) is 0 Å². The average molecular weight is 466 g/mol. The van der Waals surface area contributed by atoms with Crippen molar-refractivity contribution in [1.29, 1.82) is 0 Å². The summed E-state index contributed by atoms with van der Waals surface area (Å²) in [5.74, 6) is -2.48. The second kappa shape index (κ2) is 8.38. The van der Waals surface area contributed by atoms with Crippen LogP contribution in [0.15, 0.2) is 23.8 Å². The molecule has 8 atom stereocenters. The van der Waals surface area contributed by atoms with E-state index in [0.29, 0.717) is 25.9 Å². The Kier molecular flexibility index (Phi) is 6.15. The summed E-state index contributed by atoms with van der Waals surface area (Å²) in [5.41, 5.74) is -4.45. The lowest BCUT2D eigenvalue weighted by Crippen LogP contribution is -2.62. The summed E-state index contributed by atoms with van der Waals surface area (Å²) >= 11 is 0. The van der Waals surface area contributed by atoms with Crippen molar-refractivity contribution < 1.29 is 33.0 Å². The van der Waals surface area contributed by atoms with Crippen LogP contribution in [0.3, 0.4) is 0 Å². The van der Waals surface area contributed by atoms with Gasteiger partial charge in [-0.1, -0.05) is 13.0 Å². The van der Waals surface area contributed by atoms with Crippen molar-refractivity contribution in [2.75, 3.05) is 19.7 Å². The van der Waals surface area contributed by atoms with Crippen LogP contribution in [0.1, 0.15) is 46.5 Å². The maximum absolute atomic E-state index is 17.2. The predicted octanol–water partition coefficient (Wildman–Crippen LogP) is 2.64. The van der Waals surface area contributed by atoms with Crippen molar-refractivity contribution in [3.8, 4) is 0 Å². The SMILES string of the molecule is CC(=O)OCC(=O)C12CNCC1CCC1CC(F)C3=CC(=O)C=CC3(C)C1(F)C(O)CC2C. The van der Waals surface area contributed by atoms with Crippen LogP contribution in [-0.4, -0.2) is 60.3 Å². The van der Waals surface area contributed by atoms with E-state index >= 15 is 8.78 Å². The molecule has 3 aliphatic carbocycles. The molecule has 1 aliphatic heterocycles. The van der Waals surface area contributed by atoms with Gasteiger partial charge in [-0.3, -0.25) is 14.4 Å². The summed E-state index contributed by atoms with van der Waals surface area (Å²) in [6.45, 7) is 5.19. The lowest BCUT2D eigenvalue weighted by molar-refractivity contribution is -0.153. The molecule has 4 rings (SSSR count). The van der Waals surface area contributed by atoms with E-state index in [1.165, 1.54) is 25.2 Å². The summed E-state index contributed by atoms with van der Waals surface area (Å²) < 4.78 is 37.5. The van der Waals surface area contributed by atoms with Gasteiger partial charge in [-0.05, 0) is 74.6 Å². The van der Waals surface area contributed by atoms with E-state index in [-0.39, 0.29) is 42.5 Å². The fraction of sp³-hybridized carbons (Fsp3) is 0.720. The third-order valence-corrected chi connectivity index (χ3v) is 8.96. The largest absolute Gasteiger partial charge is 0.458 e. The van der Waals surface area contributed by atoms with Gasteiger partial charge in [-0.25, -0.2) is 8.78 Å². The van der Waals surface area contributed by atoms with Crippen molar-refractivity contribution in [1.82, 2.24) is 5.32 Å². The second-order valence-electron chi connectivity index (χ2n) is 10.5. The first-order chi connectivity index (χ1) is 15.5. The van der Waals surface area contributed by atoms with Crippen LogP contribution in [-0.2, 0) is 19.1 Å². The first-order valence-electron chi connectivity index (χ1n) is 11.8. The highest BCUT2D eigenvalue weighted by atomic mass is 19.1. The monoisotopic (exact) mass is 465 g/mol. The summed E-state index contributed by atoms with van der Waals surface area (Å²) in [6.07, 6.45) is 1.59. The number of halogens is 2.